The molecule has 1 N–H and O–H groups in total. The normalized spacial score (nSPS) is 17.6. The van der Waals surface area contributed by atoms with Crippen LogP contribution in [0, 0.1) is 12.3 Å². The van der Waals surface area contributed by atoms with Gasteiger partial charge in [0, 0.05) is 31.2 Å². The van der Waals surface area contributed by atoms with E-state index in [2.05, 4.69) is 9.71 Å². The number of amides is 2. The van der Waals surface area contributed by atoms with Crippen LogP contribution in [0.4, 0.5) is 0 Å². The van der Waals surface area contributed by atoms with Gasteiger partial charge in [0.15, 0.2) is 0 Å². The quantitative estimate of drug-likeness (QED) is 0.423. The van der Waals surface area contributed by atoms with Crippen molar-refractivity contribution in [3.63, 3.8) is 0 Å². The molecule has 3 aromatic rings. The van der Waals surface area contributed by atoms with E-state index in [9.17, 15) is 18.0 Å². The Morgan fingerprint density at radius 2 is 1.75 bits per heavy atom. The number of ether oxygens (including phenoxy) is 2. The number of aromatic nitrogens is 1. The molecule has 0 atom stereocenters. The first kappa shape index (κ1) is 31.5. The Bertz CT molecular complexity index is 1520. The lowest BCUT2D eigenvalue weighted by Gasteiger charge is -2.42. The number of hydrogen-bond acceptors (Lipinski definition) is 7. The summed E-state index contributed by atoms with van der Waals surface area (Å²) in [6, 6.07) is 17.4. The number of nitrogens with one attached hydrogen (secondary N) is 1. The molecule has 0 aliphatic carbocycles. The lowest BCUT2D eigenvalue weighted by Crippen LogP contribution is -2.45. The summed E-state index contributed by atoms with van der Waals surface area (Å²) >= 11 is 0. The summed E-state index contributed by atoms with van der Waals surface area (Å²) in [4.78, 5) is 34.7. The number of rotatable bonds is 7. The largest absolute Gasteiger partial charge is 0.491 e. The van der Waals surface area contributed by atoms with Crippen LogP contribution >= 0.6 is 0 Å². The smallest absolute Gasteiger partial charge is 0.257 e. The zero-order valence-electron chi connectivity index (χ0n) is 25.1. The first-order chi connectivity index (χ1) is 21.2. The van der Waals surface area contributed by atoms with Gasteiger partial charge in [-0.25, -0.2) is 13.1 Å². The molecule has 3 aliphatic rings. The molecule has 2 amide bonds. The van der Waals surface area contributed by atoms with Crippen LogP contribution in [-0.4, -0.2) is 81.0 Å². The van der Waals surface area contributed by atoms with Gasteiger partial charge in [-0.05, 0) is 69.0 Å². The number of para-hydroxylation sites is 1. The summed E-state index contributed by atoms with van der Waals surface area (Å²) in [5.41, 5.74) is 1.31. The van der Waals surface area contributed by atoms with Gasteiger partial charge < -0.3 is 19.3 Å². The van der Waals surface area contributed by atoms with Crippen LogP contribution in [-0.2, 0) is 14.8 Å². The van der Waals surface area contributed by atoms with E-state index in [0.29, 0.717) is 43.3 Å². The summed E-state index contributed by atoms with van der Waals surface area (Å²) < 4.78 is 40.3. The number of fused-ring (bicyclic) bond motifs is 9. The van der Waals surface area contributed by atoms with Crippen molar-refractivity contribution < 1.29 is 27.5 Å². The molecule has 0 unspecified atom stereocenters. The van der Waals surface area contributed by atoms with E-state index in [-0.39, 0.29) is 41.8 Å². The number of carbonyl (C=O) groups excluding carboxylic acids is 2. The van der Waals surface area contributed by atoms with E-state index in [0.717, 1.165) is 37.7 Å². The topological polar surface area (TPSA) is 118 Å². The molecule has 6 rings (SSSR count). The lowest BCUT2D eigenvalue weighted by atomic mass is 9.75. The van der Waals surface area contributed by atoms with E-state index >= 15 is 0 Å². The highest BCUT2D eigenvalue weighted by molar-refractivity contribution is 7.89. The Morgan fingerprint density at radius 1 is 0.977 bits per heavy atom. The highest BCUT2D eigenvalue weighted by atomic mass is 32.2. The summed E-state index contributed by atoms with van der Waals surface area (Å²) in [7, 11) is -3.84. The Hall–Kier alpha value is -3.96. The maximum absolute atomic E-state index is 13.6. The number of aryl methyl sites for hydroxylation is 1. The molecular formula is C33H40N4O6S. The van der Waals surface area contributed by atoms with Crippen molar-refractivity contribution in [2.24, 2.45) is 5.41 Å². The Morgan fingerprint density at radius 3 is 2.50 bits per heavy atom. The van der Waals surface area contributed by atoms with Crippen LogP contribution in [0.5, 0.6) is 11.5 Å². The number of benzene rings is 2. The van der Waals surface area contributed by atoms with Gasteiger partial charge in [0.25, 0.3) is 5.91 Å². The number of nitrogens with zero attached hydrogens (tertiary/aromatic N) is 3. The Balaban J connectivity index is 1.31. The minimum Gasteiger partial charge on any atom is -0.491 e. The zero-order chi connectivity index (χ0) is 31.0. The van der Waals surface area contributed by atoms with Crippen LogP contribution < -0.4 is 14.2 Å². The number of pyridine rings is 1. The maximum atomic E-state index is 13.6. The number of hydrogen-bond donors (Lipinski definition) is 1. The summed E-state index contributed by atoms with van der Waals surface area (Å²) in [5, 5.41) is 0. The fourth-order valence-electron chi connectivity index (χ4n) is 5.76. The van der Waals surface area contributed by atoms with E-state index in [1.54, 1.807) is 41.6 Å². The van der Waals surface area contributed by atoms with E-state index in [1.165, 1.54) is 12.1 Å². The molecule has 3 aliphatic heterocycles. The van der Waals surface area contributed by atoms with Gasteiger partial charge in [-0.15, -0.1) is 0 Å². The first-order valence-corrected chi connectivity index (χ1v) is 16.6. The molecule has 0 spiro atoms. The average molecular weight is 621 g/mol. The minimum absolute atomic E-state index is 0.0734. The third-order valence-corrected chi connectivity index (χ3v) is 9.93. The van der Waals surface area contributed by atoms with Crippen LogP contribution in [0.2, 0.25) is 0 Å². The molecule has 11 heteroatoms. The van der Waals surface area contributed by atoms with Crippen LogP contribution in [0.3, 0.4) is 0 Å². The molecule has 1 aromatic heterocycles. The summed E-state index contributed by atoms with van der Waals surface area (Å²) in [6.45, 7) is 4.17. The molecule has 0 radical (unpaired) electrons. The molecule has 2 aromatic carbocycles. The molecule has 0 saturated carbocycles. The van der Waals surface area contributed by atoms with Crippen molar-refractivity contribution in [2.75, 3.05) is 45.9 Å². The van der Waals surface area contributed by atoms with Crippen molar-refractivity contribution in [1.29, 1.82) is 0 Å². The molecule has 4 heterocycles. The molecule has 2 bridgehead atoms. The predicted octanol–water partition coefficient (Wildman–Crippen LogP) is 4.06. The molecule has 1 fully saturated rings. The second-order valence-corrected chi connectivity index (χ2v) is 13.4. The third kappa shape index (κ3) is 7.95. The maximum Gasteiger partial charge on any atom is 0.257 e. The fourth-order valence-corrected chi connectivity index (χ4v) is 6.73. The molecule has 10 nitrogen and oxygen atoms in total. The average Bonchev–Trinajstić information content (AvgIpc) is 3.05. The zero-order valence-corrected chi connectivity index (χ0v) is 25.9. The van der Waals surface area contributed by atoms with Gasteiger partial charge in [-0.2, -0.15) is 0 Å². The van der Waals surface area contributed by atoms with Gasteiger partial charge in [-0.1, -0.05) is 36.2 Å². The molecule has 234 valence electrons. The van der Waals surface area contributed by atoms with Crippen LogP contribution in [0.1, 0.15) is 48.0 Å². The highest BCUT2D eigenvalue weighted by Gasteiger charge is 2.37. The van der Waals surface area contributed by atoms with Gasteiger partial charge in [-0.3, -0.25) is 14.6 Å². The van der Waals surface area contributed by atoms with Gasteiger partial charge >= 0.3 is 0 Å². The van der Waals surface area contributed by atoms with Crippen LogP contribution in [0.25, 0.3) is 0 Å². The summed E-state index contributed by atoms with van der Waals surface area (Å²) in [6.07, 6.45) is 7.48. The summed E-state index contributed by atoms with van der Waals surface area (Å²) in [5.74, 6) is 0.777. The van der Waals surface area contributed by atoms with Crippen LogP contribution in [0.15, 0.2) is 78.0 Å². The fraction of sp³-hybridized carbons (Fsp3) is 0.424. The highest BCUT2D eigenvalue weighted by Crippen LogP contribution is 2.38. The second-order valence-electron chi connectivity index (χ2n) is 11.6. The SMILES string of the molecule is Cc1ccc(S(=O)(=O)NCC(=O)N2CCCCC3(COc4cccnc4)CCN(CC3)C(=O)c3ccccc3OCC2)cc1. The monoisotopic (exact) mass is 620 g/mol. The third-order valence-electron chi connectivity index (χ3n) is 8.51. The molecular weight excluding hydrogens is 580 g/mol. The number of piperidine rings is 1. The van der Waals surface area contributed by atoms with E-state index < -0.39 is 10.0 Å². The molecule has 1 saturated heterocycles. The lowest BCUT2D eigenvalue weighted by molar-refractivity contribution is -0.130. The molecule has 44 heavy (non-hydrogen) atoms. The first-order valence-electron chi connectivity index (χ1n) is 15.1. The van der Waals surface area contributed by atoms with Gasteiger partial charge in [0.2, 0.25) is 15.9 Å². The van der Waals surface area contributed by atoms with Gasteiger partial charge in [0.05, 0.1) is 36.4 Å². The Labute approximate surface area is 259 Å². The standard InChI is InChI=1S/C33H40N4O6S/c1-26-10-12-28(13-11-26)44(40,41)35-24-31(38)36-18-5-4-14-33(25-43-27-7-6-17-34-23-27)15-19-37(20-16-33)32(39)29-8-2-3-9-30(29)42-22-21-36/h2-3,6-13,17,23,35H,4-5,14-16,18-22,24-25H2,1H3. The minimum atomic E-state index is -3.84. The second kappa shape index (κ2) is 14.2. The van der Waals surface area contributed by atoms with Crippen molar-refractivity contribution in [3.8, 4) is 11.5 Å². The Kier molecular flexibility index (Phi) is 10.2. The van der Waals surface area contributed by atoms with Crippen molar-refractivity contribution >= 4 is 21.8 Å². The van der Waals surface area contributed by atoms with Crippen molar-refractivity contribution in [1.82, 2.24) is 19.5 Å². The van der Waals surface area contributed by atoms with Gasteiger partial charge in [0.1, 0.15) is 18.1 Å². The van der Waals surface area contributed by atoms with Crippen molar-refractivity contribution in [2.45, 2.75) is 43.9 Å². The van der Waals surface area contributed by atoms with E-state index in [1.807, 2.05) is 36.1 Å². The number of carbonyl (C=O) groups is 2. The number of sulfonamides is 1. The van der Waals surface area contributed by atoms with E-state index in [4.69, 9.17) is 9.47 Å². The van der Waals surface area contributed by atoms with Crippen molar-refractivity contribution in [3.05, 3.63) is 84.2 Å². The predicted molar refractivity (Wildman–Crippen MR) is 166 cm³/mol.